The van der Waals surface area contributed by atoms with Crippen molar-refractivity contribution in [2.75, 3.05) is 6.61 Å². The highest BCUT2D eigenvalue weighted by Crippen LogP contribution is 2.19. The van der Waals surface area contributed by atoms with Crippen molar-refractivity contribution in [2.24, 2.45) is 5.73 Å². The second-order valence-corrected chi connectivity index (χ2v) is 2.75. The molecule has 0 aliphatic rings. The number of halogens is 3. The lowest BCUT2D eigenvalue weighted by Gasteiger charge is -2.07. The van der Waals surface area contributed by atoms with Crippen molar-refractivity contribution in [1.29, 1.82) is 0 Å². The summed E-state index contributed by atoms with van der Waals surface area (Å²) in [5.41, 5.74) is 5.81. The molecule has 0 unspecified atom stereocenters. The Morgan fingerprint density at radius 2 is 2.13 bits per heavy atom. The van der Waals surface area contributed by atoms with E-state index in [4.69, 9.17) is 10.5 Å². The van der Waals surface area contributed by atoms with E-state index in [2.05, 4.69) is 9.97 Å². The number of rotatable bonds is 4. The second kappa shape index (κ2) is 4.92. The van der Waals surface area contributed by atoms with Crippen molar-refractivity contribution < 1.29 is 17.9 Å². The predicted molar refractivity (Wildman–Crippen MR) is 46.1 cm³/mol. The van der Waals surface area contributed by atoms with Crippen LogP contribution in [0.25, 0.3) is 0 Å². The maximum atomic E-state index is 11.8. The van der Waals surface area contributed by atoms with E-state index in [1.807, 2.05) is 0 Å². The maximum absolute atomic E-state index is 11.8. The maximum Gasteiger partial charge on any atom is 0.392 e. The van der Waals surface area contributed by atoms with Gasteiger partial charge in [0.15, 0.2) is 0 Å². The fourth-order valence-corrected chi connectivity index (χ4v) is 0.817. The van der Waals surface area contributed by atoms with E-state index in [-0.39, 0.29) is 12.6 Å². The molecule has 0 aliphatic heterocycles. The molecule has 0 saturated carbocycles. The Kier molecular flexibility index (Phi) is 3.84. The quantitative estimate of drug-likeness (QED) is 0.831. The highest BCUT2D eigenvalue weighted by Gasteiger charge is 2.26. The molecule has 0 radical (unpaired) electrons. The molecule has 0 amide bonds. The van der Waals surface area contributed by atoms with Gasteiger partial charge in [0, 0.05) is 12.7 Å². The smallest absolute Gasteiger partial charge is 0.392 e. The van der Waals surface area contributed by atoms with Gasteiger partial charge in [0.1, 0.15) is 6.61 Å². The third-order valence-electron chi connectivity index (χ3n) is 1.52. The first-order valence-corrected chi connectivity index (χ1v) is 4.23. The first-order chi connectivity index (χ1) is 7.01. The van der Waals surface area contributed by atoms with Gasteiger partial charge in [-0.3, -0.25) is 0 Å². The zero-order valence-electron chi connectivity index (χ0n) is 7.79. The summed E-state index contributed by atoms with van der Waals surface area (Å²) in [5.74, 6) is 0. The molecule has 1 aromatic rings. The number of hydrogen-bond donors (Lipinski definition) is 1. The molecule has 0 saturated heterocycles. The van der Waals surface area contributed by atoms with Crippen LogP contribution in [0.5, 0.6) is 6.01 Å². The van der Waals surface area contributed by atoms with Crippen LogP contribution in [0.2, 0.25) is 0 Å². The zero-order valence-corrected chi connectivity index (χ0v) is 7.79. The van der Waals surface area contributed by atoms with Crippen LogP contribution >= 0.6 is 0 Å². The van der Waals surface area contributed by atoms with Crippen molar-refractivity contribution in [1.82, 2.24) is 9.97 Å². The molecule has 0 fully saturated rings. The number of ether oxygens (including phenoxy) is 1. The summed E-state index contributed by atoms with van der Waals surface area (Å²) in [6.07, 6.45) is -3.87. The first-order valence-electron chi connectivity index (χ1n) is 4.23. The molecule has 0 spiro atoms. The first kappa shape index (κ1) is 11.7. The summed E-state index contributed by atoms with van der Waals surface area (Å²) >= 11 is 0. The SMILES string of the molecule is NCc1ccnc(OCCC(F)(F)F)n1. The van der Waals surface area contributed by atoms with Crippen LogP contribution in [0.3, 0.4) is 0 Å². The lowest BCUT2D eigenvalue weighted by atomic mass is 10.4. The number of nitrogens with two attached hydrogens (primary N) is 1. The third kappa shape index (κ3) is 4.59. The molecule has 0 atom stereocenters. The van der Waals surface area contributed by atoms with E-state index in [1.54, 1.807) is 6.07 Å². The van der Waals surface area contributed by atoms with Gasteiger partial charge in [-0.1, -0.05) is 0 Å². The van der Waals surface area contributed by atoms with Gasteiger partial charge in [0.25, 0.3) is 0 Å². The van der Waals surface area contributed by atoms with Crippen LogP contribution in [0.1, 0.15) is 12.1 Å². The summed E-state index contributed by atoms with van der Waals surface area (Å²) in [5, 5.41) is 0. The monoisotopic (exact) mass is 221 g/mol. The average molecular weight is 221 g/mol. The standard InChI is InChI=1S/C8H10F3N3O/c9-8(10,11)2-4-15-7-13-3-1-6(5-12)14-7/h1,3H,2,4-5,12H2. The van der Waals surface area contributed by atoms with Gasteiger partial charge in [-0.15, -0.1) is 0 Å². The third-order valence-corrected chi connectivity index (χ3v) is 1.52. The van der Waals surface area contributed by atoms with Gasteiger partial charge in [-0.05, 0) is 6.07 Å². The molecule has 0 bridgehead atoms. The molecule has 1 aromatic heterocycles. The summed E-state index contributed by atoms with van der Waals surface area (Å²) in [6, 6.07) is 1.48. The van der Waals surface area contributed by atoms with Gasteiger partial charge in [0.2, 0.25) is 0 Å². The highest BCUT2D eigenvalue weighted by atomic mass is 19.4. The number of nitrogens with zero attached hydrogens (tertiary/aromatic N) is 2. The molecular formula is C8H10F3N3O. The summed E-state index contributed by atoms with van der Waals surface area (Å²) < 4.78 is 40.0. The predicted octanol–water partition coefficient (Wildman–Crippen LogP) is 1.27. The van der Waals surface area contributed by atoms with Crippen molar-refractivity contribution in [3.8, 4) is 6.01 Å². The van der Waals surface area contributed by atoms with Gasteiger partial charge < -0.3 is 10.5 Å². The van der Waals surface area contributed by atoms with E-state index < -0.39 is 19.2 Å². The van der Waals surface area contributed by atoms with E-state index in [0.717, 1.165) is 0 Å². The molecule has 1 heterocycles. The van der Waals surface area contributed by atoms with Gasteiger partial charge in [0.05, 0.1) is 12.1 Å². The molecule has 0 aliphatic carbocycles. The number of hydrogen-bond acceptors (Lipinski definition) is 4. The Hall–Kier alpha value is -1.37. The Balaban J connectivity index is 2.44. The summed E-state index contributed by atoms with van der Waals surface area (Å²) in [7, 11) is 0. The highest BCUT2D eigenvalue weighted by molar-refractivity contribution is 5.04. The molecule has 0 aromatic carbocycles. The fourth-order valence-electron chi connectivity index (χ4n) is 0.817. The molecule has 84 valence electrons. The molecular weight excluding hydrogens is 211 g/mol. The lowest BCUT2D eigenvalue weighted by Crippen LogP contribution is -2.14. The van der Waals surface area contributed by atoms with Crippen LogP contribution in [-0.4, -0.2) is 22.8 Å². The Labute approximate surface area is 84.3 Å². The van der Waals surface area contributed by atoms with E-state index in [9.17, 15) is 13.2 Å². The Bertz CT molecular complexity index is 316. The summed E-state index contributed by atoms with van der Waals surface area (Å²) in [6.45, 7) is -0.296. The van der Waals surface area contributed by atoms with Crippen molar-refractivity contribution in [3.63, 3.8) is 0 Å². The zero-order chi connectivity index (χ0) is 11.3. The Morgan fingerprint density at radius 3 is 2.73 bits per heavy atom. The van der Waals surface area contributed by atoms with E-state index in [0.29, 0.717) is 5.69 Å². The molecule has 1 rings (SSSR count). The van der Waals surface area contributed by atoms with Gasteiger partial charge in [-0.2, -0.15) is 18.2 Å². The van der Waals surface area contributed by atoms with E-state index >= 15 is 0 Å². The van der Waals surface area contributed by atoms with Crippen molar-refractivity contribution in [3.05, 3.63) is 18.0 Å². The molecule has 4 nitrogen and oxygen atoms in total. The normalized spacial score (nSPS) is 11.5. The van der Waals surface area contributed by atoms with E-state index in [1.165, 1.54) is 6.20 Å². The molecule has 15 heavy (non-hydrogen) atoms. The molecule has 7 heteroatoms. The summed E-state index contributed by atoms with van der Waals surface area (Å²) in [4.78, 5) is 7.44. The molecule has 2 N–H and O–H groups in total. The Morgan fingerprint density at radius 1 is 1.40 bits per heavy atom. The topological polar surface area (TPSA) is 61.0 Å². The minimum absolute atomic E-state index is 0.0813. The fraction of sp³-hybridized carbons (Fsp3) is 0.500. The van der Waals surface area contributed by atoms with Crippen molar-refractivity contribution >= 4 is 0 Å². The minimum Gasteiger partial charge on any atom is -0.463 e. The van der Waals surface area contributed by atoms with Crippen LogP contribution in [0, 0.1) is 0 Å². The average Bonchev–Trinajstić information content (AvgIpc) is 2.16. The van der Waals surface area contributed by atoms with Crippen LogP contribution in [-0.2, 0) is 6.54 Å². The number of alkyl halides is 3. The lowest BCUT2D eigenvalue weighted by molar-refractivity contribution is -0.139. The largest absolute Gasteiger partial charge is 0.463 e. The van der Waals surface area contributed by atoms with Crippen LogP contribution in [0.4, 0.5) is 13.2 Å². The van der Waals surface area contributed by atoms with Gasteiger partial charge >= 0.3 is 12.2 Å². The number of aromatic nitrogens is 2. The van der Waals surface area contributed by atoms with Crippen LogP contribution < -0.4 is 10.5 Å². The van der Waals surface area contributed by atoms with Crippen molar-refractivity contribution in [2.45, 2.75) is 19.1 Å². The second-order valence-electron chi connectivity index (χ2n) is 2.75. The minimum atomic E-state index is -4.23. The van der Waals surface area contributed by atoms with Gasteiger partial charge in [-0.25, -0.2) is 4.98 Å². The van der Waals surface area contributed by atoms with Crippen LogP contribution in [0.15, 0.2) is 12.3 Å².